The van der Waals surface area contributed by atoms with Gasteiger partial charge in [-0.05, 0) is 31.7 Å². The number of nitrogens with two attached hydrogens (primary N) is 1. The maximum absolute atomic E-state index is 11.7. The fourth-order valence-corrected chi connectivity index (χ4v) is 4.05. The quantitative estimate of drug-likeness (QED) is 0.908. The molecule has 1 fully saturated rings. The van der Waals surface area contributed by atoms with Gasteiger partial charge >= 0.3 is 0 Å². The molecule has 2 N–H and O–H groups in total. The SMILES string of the molecule is CC[C@H](N)c1ccccc1OC1CCCC(S(C)(=O)=O)C1. The van der Waals surface area contributed by atoms with Crippen molar-refractivity contribution in [2.45, 2.75) is 56.4 Å². The molecule has 0 aliphatic heterocycles. The molecule has 1 aliphatic carbocycles. The third kappa shape index (κ3) is 4.20. The first kappa shape index (κ1) is 16.3. The van der Waals surface area contributed by atoms with Crippen LogP contribution in [0, 0.1) is 0 Å². The minimum absolute atomic E-state index is 0.0383. The van der Waals surface area contributed by atoms with Gasteiger partial charge in [0.2, 0.25) is 0 Å². The molecule has 0 bridgehead atoms. The summed E-state index contributed by atoms with van der Waals surface area (Å²) in [6.45, 7) is 2.04. The molecule has 118 valence electrons. The highest BCUT2D eigenvalue weighted by atomic mass is 32.2. The van der Waals surface area contributed by atoms with Crippen LogP contribution in [0.15, 0.2) is 24.3 Å². The second-order valence-corrected chi connectivity index (χ2v) is 8.24. The summed E-state index contributed by atoms with van der Waals surface area (Å²) in [6, 6.07) is 7.75. The van der Waals surface area contributed by atoms with Gasteiger partial charge in [0.25, 0.3) is 0 Å². The molecule has 4 nitrogen and oxygen atoms in total. The van der Waals surface area contributed by atoms with Crippen LogP contribution in [-0.2, 0) is 9.84 Å². The van der Waals surface area contributed by atoms with Crippen LogP contribution in [0.4, 0.5) is 0 Å². The maximum Gasteiger partial charge on any atom is 0.150 e. The molecule has 2 rings (SSSR count). The Morgan fingerprint density at radius 1 is 1.33 bits per heavy atom. The molecule has 0 aromatic heterocycles. The monoisotopic (exact) mass is 311 g/mol. The van der Waals surface area contributed by atoms with Crippen molar-refractivity contribution in [1.29, 1.82) is 0 Å². The zero-order chi connectivity index (χ0) is 15.5. The lowest BCUT2D eigenvalue weighted by atomic mass is 9.96. The predicted octanol–water partition coefficient (Wildman–Crippen LogP) is 2.83. The molecule has 3 atom stereocenters. The molecule has 0 heterocycles. The van der Waals surface area contributed by atoms with Gasteiger partial charge in [0.15, 0.2) is 0 Å². The van der Waals surface area contributed by atoms with Gasteiger partial charge in [-0.1, -0.05) is 25.1 Å². The molecule has 1 aromatic carbocycles. The van der Waals surface area contributed by atoms with E-state index in [9.17, 15) is 8.42 Å². The summed E-state index contributed by atoms with van der Waals surface area (Å²) < 4.78 is 29.6. The Labute approximate surface area is 127 Å². The van der Waals surface area contributed by atoms with Crippen molar-refractivity contribution in [2.75, 3.05) is 6.26 Å². The van der Waals surface area contributed by atoms with E-state index in [1.165, 1.54) is 6.26 Å². The number of hydrogen-bond acceptors (Lipinski definition) is 4. The van der Waals surface area contributed by atoms with E-state index in [0.717, 1.165) is 37.0 Å². The predicted molar refractivity (Wildman–Crippen MR) is 85.2 cm³/mol. The smallest absolute Gasteiger partial charge is 0.150 e. The van der Waals surface area contributed by atoms with Crippen LogP contribution < -0.4 is 10.5 Å². The lowest BCUT2D eigenvalue weighted by molar-refractivity contribution is 0.154. The molecule has 21 heavy (non-hydrogen) atoms. The van der Waals surface area contributed by atoms with Gasteiger partial charge in [-0.15, -0.1) is 0 Å². The number of sulfone groups is 1. The molecule has 1 aliphatic rings. The fourth-order valence-electron chi connectivity index (χ4n) is 2.89. The Morgan fingerprint density at radius 3 is 2.71 bits per heavy atom. The fraction of sp³-hybridized carbons (Fsp3) is 0.625. The molecule has 0 amide bonds. The highest BCUT2D eigenvalue weighted by Crippen LogP contribution is 2.31. The topological polar surface area (TPSA) is 69.4 Å². The number of benzene rings is 1. The van der Waals surface area contributed by atoms with E-state index in [2.05, 4.69) is 0 Å². The molecular weight excluding hydrogens is 286 g/mol. The summed E-state index contributed by atoms with van der Waals surface area (Å²) >= 11 is 0. The Hall–Kier alpha value is -1.07. The molecule has 5 heteroatoms. The first-order chi connectivity index (χ1) is 9.91. The number of rotatable bonds is 5. The molecular formula is C16H25NO3S. The van der Waals surface area contributed by atoms with Gasteiger partial charge in [-0.3, -0.25) is 0 Å². The molecule has 0 spiro atoms. The van der Waals surface area contributed by atoms with Crippen LogP contribution in [-0.4, -0.2) is 26.0 Å². The lowest BCUT2D eigenvalue weighted by Gasteiger charge is -2.29. The average molecular weight is 311 g/mol. The lowest BCUT2D eigenvalue weighted by Crippen LogP contribution is -2.33. The van der Waals surface area contributed by atoms with Crippen molar-refractivity contribution in [2.24, 2.45) is 5.73 Å². The van der Waals surface area contributed by atoms with Gasteiger partial charge in [-0.2, -0.15) is 0 Å². The number of ether oxygens (including phenoxy) is 1. The van der Waals surface area contributed by atoms with Crippen molar-refractivity contribution in [3.63, 3.8) is 0 Å². The third-order valence-electron chi connectivity index (χ3n) is 4.24. The van der Waals surface area contributed by atoms with Crippen LogP contribution in [0.3, 0.4) is 0 Å². The zero-order valence-corrected chi connectivity index (χ0v) is 13.6. The first-order valence-electron chi connectivity index (χ1n) is 7.61. The summed E-state index contributed by atoms with van der Waals surface area (Å²) in [6.07, 6.45) is 5.25. The summed E-state index contributed by atoms with van der Waals surface area (Å²) in [4.78, 5) is 0. The van der Waals surface area contributed by atoms with Gasteiger partial charge in [0.05, 0.1) is 11.4 Å². The van der Waals surface area contributed by atoms with Crippen molar-refractivity contribution < 1.29 is 13.2 Å². The van der Waals surface area contributed by atoms with Crippen LogP contribution >= 0.6 is 0 Å². The minimum Gasteiger partial charge on any atom is -0.490 e. The van der Waals surface area contributed by atoms with Crippen LogP contribution in [0.5, 0.6) is 5.75 Å². The number of para-hydroxylation sites is 1. The number of hydrogen-bond donors (Lipinski definition) is 1. The first-order valence-corrected chi connectivity index (χ1v) is 9.57. The van der Waals surface area contributed by atoms with Gasteiger partial charge in [0, 0.05) is 24.3 Å². The van der Waals surface area contributed by atoms with Crippen molar-refractivity contribution in [3.05, 3.63) is 29.8 Å². The van der Waals surface area contributed by atoms with Gasteiger partial charge < -0.3 is 10.5 Å². The molecule has 0 saturated heterocycles. The van der Waals surface area contributed by atoms with E-state index in [1.54, 1.807) is 0 Å². The molecule has 1 aromatic rings. The Bertz CT molecular complexity index is 571. The van der Waals surface area contributed by atoms with Crippen LogP contribution in [0.1, 0.15) is 50.6 Å². The molecule has 1 saturated carbocycles. The highest BCUT2D eigenvalue weighted by molar-refractivity contribution is 7.91. The van der Waals surface area contributed by atoms with Crippen molar-refractivity contribution >= 4 is 9.84 Å². The second-order valence-electron chi connectivity index (χ2n) is 5.91. The summed E-state index contributed by atoms with van der Waals surface area (Å²) in [5, 5.41) is -0.275. The maximum atomic E-state index is 11.7. The molecule has 2 unspecified atom stereocenters. The zero-order valence-electron chi connectivity index (χ0n) is 12.8. The summed E-state index contributed by atoms with van der Waals surface area (Å²) in [5.41, 5.74) is 7.12. The van der Waals surface area contributed by atoms with Gasteiger partial charge in [-0.25, -0.2) is 8.42 Å². The Kier molecular flexibility index (Phi) is 5.27. The summed E-state index contributed by atoms with van der Waals surface area (Å²) in [7, 11) is -2.99. The van der Waals surface area contributed by atoms with E-state index in [1.807, 2.05) is 31.2 Å². The normalized spacial score (nSPS) is 24.5. The van der Waals surface area contributed by atoms with Gasteiger partial charge in [0.1, 0.15) is 15.6 Å². The standard InChI is InChI=1S/C16H25NO3S/c1-3-15(17)14-9-4-5-10-16(14)20-12-7-6-8-13(11-12)21(2,18)19/h4-5,9-10,12-13,15H,3,6-8,11,17H2,1-2H3/t12?,13?,15-/m0/s1. The van der Waals surface area contributed by atoms with E-state index in [-0.39, 0.29) is 17.4 Å². The highest BCUT2D eigenvalue weighted by Gasteiger charge is 2.30. The summed E-state index contributed by atoms with van der Waals surface area (Å²) in [5.74, 6) is 0.797. The minimum atomic E-state index is -2.99. The van der Waals surface area contributed by atoms with Crippen molar-refractivity contribution in [3.8, 4) is 5.75 Å². The van der Waals surface area contributed by atoms with E-state index < -0.39 is 9.84 Å². The largest absolute Gasteiger partial charge is 0.490 e. The third-order valence-corrected chi connectivity index (χ3v) is 5.87. The second kappa shape index (κ2) is 6.79. The van der Waals surface area contributed by atoms with Crippen LogP contribution in [0.2, 0.25) is 0 Å². The molecule has 0 radical (unpaired) electrons. The Morgan fingerprint density at radius 2 is 2.05 bits per heavy atom. The van der Waals surface area contributed by atoms with E-state index in [0.29, 0.717) is 6.42 Å². The van der Waals surface area contributed by atoms with Crippen LogP contribution in [0.25, 0.3) is 0 Å². The average Bonchev–Trinajstić information content (AvgIpc) is 2.46. The van der Waals surface area contributed by atoms with E-state index in [4.69, 9.17) is 10.5 Å². The van der Waals surface area contributed by atoms with E-state index >= 15 is 0 Å². The van der Waals surface area contributed by atoms with Crippen molar-refractivity contribution in [1.82, 2.24) is 0 Å². The Balaban J connectivity index is 2.11.